The molecule has 0 aromatic heterocycles. The maximum atomic E-state index is 5.41. The van der Waals surface area contributed by atoms with Gasteiger partial charge in [0, 0.05) is 6.54 Å². The van der Waals surface area contributed by atoms with Crippen molar-refractivity contribution in [1.82, 2.24) is 0 Å². The molecule has 2 N–H and O–H groups in total. The molecule has 0 spiro atoms. The average molecular weight is 181 g/mol. The highest BCUT2D eigenvalue weighted by Gasteiger charge is 2.02. The minimum absolute atomic E-state index is 0.511. The molecule has 0 aliphatic rings. The third kappa shape index (κ3) is 2.63. The highest BCUT2D eigenvalue weighted by atomic mass is 16.5. The molecule has 72 valence electrons. The van der Waals surface area contributed by atoms with Crippen molar-refractivity contribution in [2.24, 2.45) is 5.73 Å². The Morgan fingerprint density at radius 1 is 1.31 bits per heavy atom. The van der Waals surface area contributed by atoms with Gasteiger partial charge in [0.1, 0.15) is 6.61 Å². The fourth-order valence-electron chi connectivity index (χ4n) is 1.07. The number of hydrogen-bond donors (Lipinski definition) is 1. The van der Waals surface area contributed by atoms with Gasteiger partial charge in [-0.15, -0.1) is 0 Å². The van der Waals surface area contributed by atoms with Crippen molar-refractivity contribution in [2.75, 3.05) is 20.3 Å². The van der Waals surface area contributed by atoms with Gasteiger partial charge in [0.2, 0.25) is 0 Å². The van der Waals surface area contributed by atoms with Crippen LogP contribution >= 0.6 is 0 Å². The molecule has 0 aliphatic carbocycles. The van der Waals surface area contributed by atoms with E-state index in [1.165, 1.54) is 0 Å². The van der Waals surface area contributed by atoms with E-state index in [1.54, 1.807) is 7.11 Å². The molecule has 13 heavy (non-hydrogen) atoms. The third-order valence-electron chi connectivity index (χ3n) is 1.69. The number of rotatable bonds is 4. The van der Waals surface area contributed by atoms with Crippen molar-refractivity contribution < 1.29 is 9.47 Å². The molecule has 1 rings (SSSR count). The van der Waals surface area contributed by atoms with E-state index >= 15 is 0 Å². The van der Waals surface area contributed by atoms with E-state index in [-0.39, 0.29) is 0 Å². The van der Waals surface area contributed by atoms with Gasteiger partial charge in [0.15, 0.2) is 11.5 Å². The van der Waals surface area contributed by atoms with Gasteiger partial charge in [-0.2, -0.15) is 0 Å². The largest absolute Gasteiger partial charge is 0.493 e. The Balaban J connectivity index is 2.81. The summed E-state index contributed by atoms with van der Waals surface area (Å²) in [6.07, 6.45) is 0. The molecule has 1 aromatic carbocycles. The lowest BCUT2D eigenvalue weighted by molar-refractivity contribution is 0.302. The molecule has 3 heteroatoms. The molecule has 0 saturated carbocycles. The van der Waals surface area contributed by atoms with Crippen LogP contribution in [0.15, 0.2) is 18.2 Å². The summed E-state index contributed by atoms with van der Waals surface area (Å²) < 4.78 is 10.5. The zero-order valence-corrected chi connectivity index (χ0v) is 8.04. The maximum Gasteiger partial charge on any atom is 0.161 e. The van der Waals surface area contributed by atoms with Gasteiger partial charge < -0.3 is 15.2 Å². The first-order chi connectivity index (χ1) is 6.27. The minimum atomic E-state index is 0.511. The van der Waals surface area contributed by atoms with Crippen LogP contribution in [0.25, 0.3) is 0 Å². The number of aryl methyl sites for hydroxylation is 1. The summed E-state index contributed by atoms with van der Waals surface area (Å²) in [5.41, 5.74) is 6.49. The van der Waals surface area contributed by atoms with Crippen LogP contribution in [-0.2, 0) is 0 Å². The molecule has 3 nitrogen and oxygen atoms in total. The van der Waals surface area contributed by atoms with Crippen LogP contribution in [0, 0.1) is 6.92 Å². The predicted octanol–water partition coefficient (Wildman–Crippen LogP) is 1.34. The van der Waals surface area contributed by atoms with Crippen LogP contribution in [0.5, 0.6) is 11.5 Å². The summed E-state index contributed by atoms with van der Waals surface area (Å²) in [5, 5.41) is 0. The van der Waals surface area contributed by atoms with Crippen LogP contribution < -0.4 is 15.2 Å². The van der Waals surface area contributed by atoms with E-state index < -0.39 is 0 Å². The topological polar surface area (TPSA) is 44.5 Å². The summed E-state index contributed by atoms with van der Waals surface area (Å²) in [6.45, 7) is 3.03. The van der Waals surface area contributed by atoms with Gasteiger partial charge in [-0.1, -0.05) is 6.07 Å². The van der Waals surface area contributed by atoms with Crippen molar-refractivity contribution in [3.63, 3.8) is 0 Å². The molecule has 0 atom stereocenters. The molecule has 1 aromatic rings. The van der Waals surface area contributed by atoms with Crippen molar-refractivity contribution in [2.45, 2.75) is 6.92 Å². The molecule has 0 aliphatic heterocycles. The Bertz CT molecular complexity index is 274. The molecule has 0 unspecified atom stereocenters. The van der Waals surface area contributed by atoms with Crippen LogP contribution in [0.3, 0.4) is 0 Å². The maximum absolute atomic E-state index is 5.41. The molecule has 0 amide bonds. The SMILES string of the molecule is COc1ccc(C)cc1OCCN. The zero-order chi connectivity index (χ0) is 9.68. The Kier molecular flexibility index (Phi) is 3.58. The second-order valence-corrected chi connectivity index (χ2v) is 2.79. The molecule has 0 radical (unpaired) electrons. The van der Waals surface area contributed by atoms with E-state index in [1.807, 2.05) is 25.1 Å². The minimum Gasteiger partial charge on any atom is -0.493 e. The lowest BCUT2D eigenvalue weighted by Crippen LogP contribution is -2.11. The second-order valence-electron chi connectivity index (χ2n) is 2.79. The van der Waals surface area contributed by atoms with Crippen LogP contribution in [0.2, 0.25) is 0 Å². The highest BCUT2D eigenvalue weighted by Crippen LogP contribution is 2.27. The van der Waals surface area contributed by atoms with Crippen molar-refractivity contribution in [1.29, 1.82) is 0 Å². The summed E-state index contributed by atoms with van der Waals surface area (Å²) in [4.78, 5) is 0. The fourth-order valence-corrected chi connectivity index (χ4v) is 1.07. The lowest BCUT2D eigenvalue weighted by atomic mass is 10.2. The fraction of sp³-hybridized carbons (Fsp3) is 0.400. The number of ether oxygens (including phenoxy) is 2. The van der Waals surface area contributed by atoms with Gasteiger partial charge >= 0.3 is 0 Å². The second kappa shape index (κ2) is 4.72. The summed E-state index contributed by atoms with van der Waals surface area (Å²) in [6, 6.07) is 5.81. The quantitative estimate of drug-likeness (QED) is 0.762. The average Bonchev–Trinajstić information content (AvgIpc) is 2.15. The zero-order valence-electron chi connectivity index (χ0n) is 8.04. The number of hydrogen-bond acceptors (Lipinski definition) is 3. The molecule has 0 saturated heterocycles. The molecular weight excluding hydrogens is 166 g/mol. The molecular formula is C10H15NO2. The van der Waals surface area contributed by atoms with Gasteiger partial charge in [0.05, 0.1) is 7.11 Å². The van der Waals surface area contributed by atoms with Gasteiger partial charge in [-0.3, -0.25) is 0 Å². The van der Waals surface area contributed by atoms with Gasteiger partial charge in [-0.25, -0.2) is 0 Å². The van der Waals surface area contributed by atoms with Crippen LogP contribution in [-0.4, -0.2) is 20.3 Å². The first kappa shape index (κ1) is 9.86. The summed E-state index contributed by atoms with van der Waals surface area (Å²) >= 11 is 0. The number of benzene rings is 1. The molecule has 0 fully saturated rings. The summed E-state index contributed by atoms with van der Waals surface area (Å²) in [7, 11) is 1.62. The van der Waals surface area contributed by atoms with Gasteiger partial charge in [0.25, 0.3) is 0 Å². The summed E-state index contributed by atoms with van der Waals surface area (Å²) in [5.74, 6) is 1.51. The first-order valence-corrected chi connectivity index (χ1v) is 4.25. The van der Waals surface area contributed by atoms with E-state index in [0.717, 1.165) is 17.1 Å². The van der Waals surface area contributed by atoms with E-state index in [4.69, 9.17) is 15.2 Å². The number of methoxy groups -OCH3 is 1. The monoisotopic (exact) mass is 181 g/mol. The Morgan fingerprint density at radius 2 is 2.08 bits per heavy atom. The van der Waals surface area contributed by atoms with Crippen molar-refractivity contribution >= 4 is 0 Å². The Labute approximate surface area is 78.5 Å². The van der Waals surface area contributed by atoms with Gasteiger partial charge in [-0.05, 0) is 24.6 Å². The van der Waals surface area contributed by atoms with E-state index in [0.29, 0.717) is 13.2 Å². The normalized spacial score (nSPS) is 9.77. The van der Waals surface area contributed by atoms with Crippen molar-refractivity contribution in [3.8, 4) is 11.5 Å². The first-order valence-electron chi connectivity index (χ1n) is 4.25. The molecule has 0 heterocycles. The third-order valence-corrected chi connectivity index (χ3v) is 1.69. The molecule has 0 bridgehead atoms. The lowest BCUT2D eigenvalue weighted by Gasteiger charge is -2.10. The van der Waals surface area contributed by atoms with Crippen molar-refractivity contribution in [3.05, 3.63) is 23.8 Å². The van der Waals surface area contributed by atoms with E-state index in [2.05, 4.69) is 0 Å². The Hall–Kier alpha value is -1.22. The van der Waals surface area contributed by atoms with Crippen LogP contribution in [0.4, 0.5) is 0 Å². The highest BCUT2D eigenvalue weighted by molar-refractivity contribution is 5.42. The standard InChI is InChI=1S/C10H15NO2/c1-8-3-4-9(12-2)10(7-8)13-6-5-11/h3-4,7H,5-6,11H2,1-2H3. The van der Waals surface area contributed by atoms with E-state index in [9.17, 15) is 0 Å². The smallest absolute Gasteiger partial charge is 0.161 e. The number of nitrogens with two attached hydrogens (primary N) is 1. The Morgan fingerprint density at radius 3 is 2.69 bits per heavy atom. The van der Waals surface area contributed by atoms with Crippen LogP contribution in [0.1, 0.15) is 5.56 Å². The predicted molar refractivity (Wildman–Crippen MR) is 52.3 cm³/mol.